The molecular weight excluding hydrogens is 172 g/mol. The predicted molar refractivity (Wildman–Crippen MR) is 58.4 cm³/mol. The van der Waals surface area contributed by atoms with Gasteiger partial charge in [-0.2, -0.15) is 0 Å². The minimum absolute atomic E-state index is 0.909. The lowest BCUT2D eigenvalue weighted by Crippen LogP contribution is -2.55. The van der Waals surface area contributed by atoms with E-state index in [4.69, 9.17) is 0 Å². The van der Waals surface area contributed by atoms with Crippen molar-refractivity contribution in [2.45, 2.75) is 50.6 Å². The molecular formula is C12H22N2. The quantitative estimate of drug-likeness (QED) is 0.579. The van der Waals surface area contributed by atoms with E-state index in [1.165, 1.54) is 64.7 Å². The van der Waals surface area contributed by atoms with Crippen molar-refractivity contribution in [2.75, 3.05) is 26.2 Å². The molecule has 0 saturated carbocycles. The van der Waals surface area contributed by atoms with Gasteiger partial charge in [0.2, 0.25) is 0 Å². The van der Waals surface area contributed by atoms with Crippen LogP contribution in [0.1, 0.15) is 38.5 Å². The molecule has 3 fully saturated rings. The average Bonchev–Trinajstić information content (AvgIpc) is 2.51. The van der Waals surface area contributed by atoms with Crippen molar-refractivity contribution in [2.24, 2.45) is 0 Å². The number of hydrogen-bond donors (Lipinski definition) is 0. The Balaban J connectivity index is 1.70. The standard InChI is InChI=1S/C12H22N2/c1-2-5-11-9-14-8-4-6-12(14)10-13(11)7-3-1/h11-12H,1-10H2/t11?,12-/m0/s1. The van der Waals surface area contributed by atoms with E-state index in [0.717, 1.165) is 12.1 Å². The van der Waals surface area contributed by atoms with E-state index in [1.807, 2.05) is 0 Å². The molecule has 2 nitrogen and oxygen atoms in total. The molecule has 0 N–H and O–H groups in total. The molecule has 3 rings (SSSR count). The summed E-state index contributed by atoms with van der Waals surface area (Å²) in [5.74, 6) is 0. The topological polar surface area (TPSA) is 6.48 Å². The van der Waals surface area contributed by atoms with Crippen LogP contribution in [0.25, 0.3) is 0 Å². The van der Waals surface area contributed by atoms with Crippen LogP contribution in [0.5, 0.6) is 0 Å². The Labute approximate surface area is 87.3 Å². The fourth-order valence-electron chi connectivity index (χ4n) is 3.57. The molecule has 14 heavy (non-hydrogen) atoms. The van der Waals surface area contributed by atoms with Gasteiger partial charge in [-0.05, 0) is 38.8 Å². The fraction of sp³-hybridized carbons (Fsp3) is 1.00. The van der Waals surface area contributed by atoms with Crippen LogP contribution in [0.3, 0.4) is 0 Å². The second-order valence-electron chi connectivity index (χ2n) is 5.29. The van der Waals surface area contributed by atoms with Gasteiger partial charge in [0, 0.05) is 25.2 Å². The second-order valence-corrected chi connectivity index (χ2v) is 5.29. The largest absolute Gasteiger partial charge is 0.298 e. The van der Waals surface area contributed by atoms with Crippen LogP contribution in [-0.4, -0.2) is 48.1 Å². The summed E-state index contributed by atoms with van der Waals surface area (Å²) >= 11 is 0. The molecule has 0 amide bonds. The van der Waals surface area contributed by atoms with Gasteiger partial charge in [0.1, 0.15) is 0 Å². The molecule has 3 heterocycles. The summed E-state index contributed by atoms with van der Waals surface area (Å²) in [6.07, 6.45) is 8.76. The Bertz CT molecular complexity index is 184. The van der Waals surface area contributed by atoms with Gasteiger partial charge in [0.15, 0.2) is 0 Å². The fourth-order valence-corrected chi connectivity index (χ4v) is 3.57. The summed E-state index contributed by atoms with van der Waals surface area (Å²) in [5, 5.41) is 0. The predicted octanol–water partition coefficient (Wildman–Crippen LogP) is 1.71. The minimum Gasteiger partial charge on any atom is -0.298 e. The summed E-state index contributed by atoms with van der Waals surface area (Å²) in [4.78, 5) is 5.55. The molecule has 0 radical (unpaired) electrons. The van der Waals surface area contributed by atoms with Crippen LogP contribution < -0.4 is 0 Å². The highest BCUT2D eigenvalue weighted by atomic mass is 15.3. The first-order valence-corrected chi connectivity index (χ1v) is 6.41. The van der Waals surface area contributed by atoms with E-state index in [-0.39, 0.29) is 0 Å². The Morgan fingerprint density at radius 1 is 0.643 bits per heavy atom. The third-order valence-corrected chi connectivity index (χ3v) is 4.39. The minimum atomic E-state index is 0.909. The lowest BCUT2D eigenvalue weighted by molar-refractivity contribution is 0.0531. The van der Waals surface area contributed by atoms with Crippen LogP contribution in [0.2, 0.25) is 0 Å². The van der Waals surface area contributed by atoms with Gasteiger partial charge < -0.3 is 0 Å². The molecule has 3 aliphatic heterocycles. The highest BCUT2D eigenvalue weighted by Gasteiger charge is 2.36. The molecule has 0 aromatic rings. The molecule has 0 aliphatic carbocycles. The zero-order chi connectivity index (χ0) is 9.38. The van der Waals surface area contributed by atoms with Crippen molar-refractivity contribution in [3.63, 3.8) is 0 Å². The molecule has 2 heteroatoms. The van der Waals surface area contributed by atoms with E-state index in [1.54, 1.807) is 0 Å². The highest BCUT2D eigenvalue weighted by molar-refractivity contribution is 4.92. The van der Waals surface area contributed by atoms with E-state index in [0.29, 0.717) is 0 Å². The number of hydrogen-bond acceptors (Lipinski definition) is 2. The molecule has 0 aromatic carbocycles. The lowest BCUT2D eigenvalue weighted by Gasteiger charge is -2.43. The monoisotopic (exact) mass is 194 g/mol. The lowest BCUT2D eigenvalue weighted by atomic mass is 10.0. The summed E-state index contributed by atoms with van der Waals surface area (Å²) in [6, 6.07) is 1.83. The first-order valence-electron chi connectivity index (χ1n) is 6.41. The Hall–Kier alpha value is -0.0800. The number of nitrogens with zero attached hydrogens (tertiary/aromatic N) is 2. The maximum Gasteiger partial charge on any atom is 0.0224 e. The van der Waals surface area contributed by atoms with Gasteiger partial charge in [0.25, 0.3) is 0 Å². The molecule has 0 bridgehead atoms. The molecule has 0 spiro atoms. The Morgan fingerprint density at radius 3 is 2.07 bits per heavy atom. The van der Waals surface area contributed by atoms with Crippen molar-refractivity contribution in [1.29, 1.82) is 0 Å². The summed E-state index contributed by atoms with van der Waals surface area (Å²) in [6.45, 7) is 5.53. The molecule has 1 unspecified atom stereocenters. The van der Waals surface area contributed by atoms with Crippen LogP contribution in [0, 0.1) is 0 Å². The maximum atomic E-state index is 2.79. The second kappa shape index (κ2) is 3.82. The van der Waals surface area contributed by atoms with E-state index in [9.17, 15) is 0 Å². The molecule has 80 valence electrons. The molecule has 3 saturated heterocycles. The van der Waals surface area contributed by atoms with Crippen molar-refractivity contribution < 1.29 is 0 Å². The highest BCUT2D eigenvalue weighted by Crippen LogP contribution is 2.28. The third kappa shape index (κ3) is 1.59. The SMILES string of the molecule is C1CCC2CN3CCC[C@H]3CN2CC1. The molecule has 0 aromatic heterocycles. The Morgan fingerprint density at radius 2 is 1.29 bits per heavy atom. The molecule has 3 aliphatic rings. The number of rotatable bonds is 0. The smallest absolute Gasteiger partial charge is 0.0224 e. The van der Waals surface area contributed by atoms with E-state index in [2.05, 4.69) is 9.80 Å². The Kier molecular flexibility index (Phi) is 2.50. The normalized spacial score (nSPS) is 40.3. The van der Waals surface area contributed by atoms with Crippen LogP contribution in [-0.2, 0) is 0 Å². The van der Waals surface area contributed by atoms with Crippen molar-refractivity contribution in [1.82, 2.24) is 9.80 Å². The molecule has 2 atom stereocenters. The van der Waals surface area contributed by atoms with Crippen LogP contribution >= 0.6 is 0 Å². The summed E-state index contributed by atoms with van der Waals surface area (Å²) in [5.41, 5.74) is 0. The zero-order valence-corrected chi connectivity index (χ0v) is 9.12. The first-order chi connectivity index (χ1) is 6.93. The van der Waals surface area contributed by atoms with Crippen LogP contribution in [0.4, 0.5) is 0 Å². The maximum absolute atomic E-state index is 2.79. The summed E-state index contributed by atoms with van der Waals surface area (Å²) < 4.78 is 0. The van der Waals surface area contributed by atoms with Crippen molar-refractivity contribution in [3.05, 3.63) is 0 Å². The summed E-state index contributed by atoms with van der Waals surface area (Å²) in [7, 11) is 0. The van der Waals surface area contributed by atoms with E-state index < -0.39 is 0 Å². The van der Waals surface area contributed by atoms with Crippen molar-refractivity contribution >= 4 is 0 Å². The van der Waals surface area contributed by atoms with Gasteiger partial charge >= 0.3 is 0 Å². The first kappa shape index (κ1) is 9.17. The number of fused-ring (bicyclic) bond motifs is 2. The van der Waals surface area contributed by atoms with Crippen molar-refractivity contribution in [3.8, 4) is 0 Å². The average molecular weight is 194 g/mol. The van der Waals surface area contributed by atoms with Gasteiger partial charge in [-0.3, -0.25) is 9.80 Å². The van der Waals surface area contributed by atoms with E-state index >= 15 is 0 Å². The van der Waals surface area contributed by atoms with Crippen LogP contribution in [0.15, 0.2) is 0 Å². The van der Waals surface area contributed by atoms with Gasteiger partial charge in [-0.15, -0.1) is 0 Å². The zero-order valence-electron chi connectivity index (χ0n) is 9.12. The van der Waals surface area contributed by atoms with Gasteiger partial charge in [-0.1, -0.05) is 12.8 Å². The third-order valence-electron chi connectivity index (χ3n) is 4.39. The number of piperazine rings is 1. The van der Waals surface area contributed by atoms with Gasteiger partial charge in [0.05, 0.1) is 0 Å². The van der Waals surface area contributed by atoms with Gasteiger partial charge in [-0.25, -0.2) is 0 Å².